The first kappa shape index (κ1) is 28.1. The van der Waals surface area contributed by atoms with Gasteiger partial charge in [-0.05, 0) is 62.0 Å². The molecule has 7 nitrogen and oxygen atoms in total. The van der Waals surface area contributed by atoms with Gasteiger partial charge in [0, 0.05) is 44.8 Å². The van der Waals surface area contributed by atoms with E-state index in [-0.39, 0.29) is 18.1 Å². The highest BCUT2D eigenvalue weighted by Gasteiger charge is 2.32. The first-order valence-corrected chi connectivity index (χ1v) is 14.3. The van der Waals surface area contributed by atoms with Crippen LogP contribution in [0.1, 0.15) is 56.6 Å². The van der Waals surface area contributed by atoms with E-state index in [0.29, 0.717) is 18.9 Å². The number of benzene rings is 2. The van der Waals surface area contributed by atoms with E-state index in [0.717, 1.165) is 75.8 Å². The molecule has 0 radical (unpaired) electrons. The molecule has 2 aromatic rings. The average Bonchev–Trinajstić information content (AvgIpc) is 3.38. The van der Waals surface area contributed by atoms with Gasteiger partial charge in [-0.15, -0.1) is 0 Å². The van der Waals surface area contributed by atoms with E-state index >= 15 is 0 Å². The third-order valence-corrected chi connectivity index (χ3v) is 8.09. The van der Waals surface area contributed by atoms with Crippen molar-refractivity contribution in [2.75, 3.05) is 26.2 Å². The zero-order valence-electron chi connectivity index (χ0n) is 22.7. The Morgan fingerprint density at radius 1 is 0.974 bits per heavy atom. The lowest BCUT2D eigenvalue weighted by Gasteiger charge is -2.39. The molecule has 0 aromatic heterocycles. The Morgan fingerprint density at radius 2 is 1.63 bits per heavy atom. The summed E-state index contributed by atoms with van der Waals surface area (Å²) in [6.07, 6.45) is 6.68. The lowest BCUT2D eigenvalue weighted by Crippen LogP contribution is -2.51. The molecule has 3 atom stereocenters. The lowest BCUT2D eigenvalue weighted by atomic mass is 10.00. The molecular weight excluding hydrogens is 476 g/mol. The molecule has 2 fully saturated rings. The number of hydrogen-bond donors (Lipinski definition) is 3. The quantitative estimate of drug-likeness (QED) is 0.383. The molecule has 3 unspecified atom stereocenters. The zero-order valence-corrected chi connectivity index (χ0v) is 22.7. The van der Waals surface area contributed by atoms with Crippen LogP contribution >= 0.6 is 0 Å². The number of nitrogens with one attached hydrogen (secondary N) is 2. The first-order valence-electron chi connectivity index (χ1n) is 14.3. The second kappa shape index (κ2) is 14.3. The topological polar surface area (TPSA) is 84.9 Å². The van der Waals surface area contributed by atoms with Crippen LogP contribution in [0.25, 0.3) is 0 Å². The minimum atomic E-state index is -0.774. The molecule has 1 saturated heterocycles. The molecule has 1 saturated carbocycles. The highest BCUT2D eigenvalue weighted by Crippen LogP contribution is 2.28. The van der Waals surface area contributed by atoms with E-state index in [1.807, 2.05) is 60.7 Å². The van der Waals surface area contributed by atoms with Gasteiger partial charge in [0.1, 0.15) is 6.04 Å². The Bertz CT molecular complexity index is 995. The number of likely N-dealkylation sites (tertiary alicyclic amines) is 1. The normalized spacial score (nSPS) is 21.2. The van der Waals surface area contributed by atoms with Crippen molar-refractivity contribution >= 4 is 12.0 Å². The minimum absolute atomic E-state index is 0.0438. The number of carboxylic acids is 1. The van der Waals surface area contributed by atoms with Crippen molar-refractivity contribution in [3.05, 3.63) is 71.8 Å². The highest BCUT2D eigenvalue weighted by atomic mass is 16.4. The molecule has 1 aliphatic heterocycles. The Morgan fingerprint density at radius 3 is 2.26 bits per heavy atom. The number of carboxylic acid groups (broad SMARTS) is 1. The number of carbonyl (C=O) groups excluding carboxylic acids is 1. The molecule has 3 N–H and O–H groups in total. The van der Waals surface area contributed by atoms with Gasteiger partial charge in [0.2, 0.25) is 0 Å². The molecule has 2 aromatic carbocycles. The van der Waals surface area contributed by atoms with Crippen LogP contribution in [0.15, 0.2) is 60.7 Å². The summed E-state index contributed by atoms with van der Waals surface area (Å²) in [4.78, 5) is 29.5. The van der Waals surface area contributed by atoms with Gasteiger partial charge in [-0.25, -0.2) is 4.79 Å². The fraction of sp³-hybridized carbons (Fsp3) is 0.548. The molecule has 0 spiro atoms. The molecule has 2 aliphatic rings. The van der Waals surface area contributed by atoms with Crippen LogP contribution in [-0.2, 0) is 17.8 Å². The molecule has 4 rings (SSSR count). The van der Waals surface area contributed by atoms with E-state index in [4.69, 9.17) is 0 Å². The van der Waals surface area contributed by atoms with E-state index in [9.17, 15) is 14.7 Å². The maximum atomic E-state index is 13.0. The van der Waals surface area contributed by atoms with Crippen LogP contribution in [0.5, 0.6) is 0 Å². The summed E-state index contributed by atoms with van der Waals surface area (Å²) in [6, 6.07) is 20.0. The number of hydrogen-bond acceptors (Lipinski definition) is 4. The van der Waals surface area contributed by atoms with E-state index in [1.165, 1.54) is 0 Å². The number of carbonyl (C=O) groups is 2. The Labute approximate surface area is 227 Å². The van der Waals surface area contributed by atoms with Crippen molar-refractivity contribution in [3.8, 4) is 0 Å². The number of piperidine rings is 1. The van der Waals surface area contributed by atoms with Crippen LogP contribution < -0.4 is 10.6 Å². The van der Waals surface area contributed by atoms with Gasteiger partial charge < -0.3 is 25.5 Å². The standard InChI is InChI=1S/C31H44N4O3/c1-2-17-35(31(38)32-22-25-11-7-4-8-12-25)28-15-18-34(19-16-28)23-26-13-14-27(20-26)33-29(30(36)37)21-24-9-5-3-6-10-24/h3-12,26-29,33H,2,13-23H2,1H3,(H,32,38)(H,36,37). The van der Waals surface area contributed by atoms with Gasteiger partial charge >= 0.3 is 12.0 Å². The number of amides is 2. The number of rotatable bonds is 12. The summed E-state index contributed by atoms with van der Waals surface area (Å²) in [6.45, 7) is 6.56. The third kappa shape index (κ3) is 8.30. The summed E-state index contributed by atoms with van der Waals surface area (Å²) < 4.78 is 0. The van der Waals surface area contributed by atoms with Gasteiger partial charge in [-0.3, -0.25) is 4.79 Å². The minimum Gasteiger partial charge on any atom is -0.480 e. The van der Waals surface area contributed by atoms with Gasteiger partial charge in [0.15, 0.2) is 0 Å². The molecule has 206 valence electrons. The summed E-state index contributed by atoms with van der Waals surface area (Å²) in [5, 5.41) is 16.3. The largest absolute Gasteiger partial charge is 0.480 e. The predicted molar refractivity (Wildman–Crippen MR) is 151 cm³/mol. The Balaban J connectivity index is 1.20. The monoisotopic (exact) mass is 520 g/mol. The first-order chi connectivity index (χ1) is 18.5. The molecule has 2 amide bonds. The number of aliphatic carboxylic acids is 1. The van der Waals surface area contributed by atoms with Crippen LogP contribution in [0, 0.1) is 5.92 Å². The highest BCUT2D eigenvalue weighted by molar-refractivity contribution is 5.74. The van der Waals surface area contributed by atoms with Crippen molar-refractivity contribution in [2.24, 2.45) is 5.92 Å². The molecular formula is C31H44N4O3. The maximum absolute atomic E-state index is 13.0. The SMILES string of the molecule is CCCN(C(=O)NCc1ccccc1)C1CCN(CC2CCC(NC(Cc3ccccc3)C(=O)O)C2)CC1. The number of nitrogens with zero attached hydrogens (tertiary/aromatic N) is 2. The summed E-state index contributed by atoms with van der Waals surface area (Å²) in [5.41, 5.74) is 2.17. The van der Waals surface area contributed by atoms with Crippen molar-refractivity contribution in [1.29, 1.82) is 0 Å². The van der Waals surface area contributed by atoms with E-state index in [2.05, 4.69) is 27.4 Å². The smallest absolute Gasteiger partial charge is 0.321 e. The fourth-order valence-electron chi connectivity index (χ4n) is 6.09. The van der Waals surface area contributed by atoms with Gasteiger partial charge in [0.05, 0.1) is 0 Å². The average molecular weight is 521 g/mol. The molecule has 1 aliphatic carbocycles. The van der Waals surface area contributed by atoms with Crippen molar-refractivity contribution in [1.82, 2.24) is 20.4 Å². The predicted octanol–water partition coefficient (Wildman–Crippen LogP) is 4.53. The van der Waals surface area contributed by atoms with Crippen molar-refractivity contribution in [3.63, 3.8) is 0 Å². The Kier molecular flexibility index (Phi) is 10.6. The van der Waals surface area contributed by atoms with Crippen LogP contribution in [-0.4, -0.2) is 71.2 Å². The van der Waals surface area contributed by atoms with Crippen LogP contribution in [0.4, 0.5) is 4.79 Å². The van der Waals surface area contributed by atoms with Crippen molar-refractivity contribution < 1.29 is 14.7 Å². The molecule has 38 heavy (non-hydrogen) atoms. The summed E-state index contributed by atoms with van der Waals surface area (Å²) >= 11 is 0. The second-order valence-corrected chi connectivity index (χ2v) is 11.0. The fourth-order valence-corrected chi connectivity index (χ4v) is 6.09. The lowest BCUT2D eigenvalue weighted by molar-refractivity contribution is -0.139. The second-order valence-electron chi connectivity index (χ2n) is 11.0. The molecule has 1 heterocycles. The summed E-state index contributed by atoms with van der Waals surface area (Å²) in [7, 11) is 0. The summed E-state index contributed by atoms with van der Waals surface area (Å²) in [5.74, 6) is -0.181. The molecule has 7 heteroatoms. The zero-order chi connectivity index (χ0) is 26.7. The van der Waals surface area contributed by atoms with Gasteiger partial charge in [-0.2, -0.15) is 0 Å². The number of urea groups is 1. The van der Waals surface area contributed by atoms with Crippen LogP contribution in [0.3, 0.4) is 0 Å². The Hall–Kier alpha value is -2.90. The van der Waals surface area contributed by atoms with Gasteiger partial charge in [-0.1, -0.05) is 67.6 Å². The van der Waals surface area contributed by atoms with Crippen molar-refractivity contribution in [2.45, 2.75) is 76.5 Å². The molecule has 0 bridgehead atoms. The van der Waals surface area contributed by atoms with E-state index < -0.39 is 12.0 Å². The third-order valence-electron chi connectivity index (χ3n) is 8.09. The van der Waals surface area contributed by atoms with Crippen LogP contribution in [0.2, 0.25) is 0 Å². The van der Waals surface area contributed by atoms with Gasteiger partial charge in [0.25, 0.3) is 0 Å². The van der Waals surface area contributed by atoms with E-state index in [1.54, 1.807) is 0 Å². The maximum Gasteiger partial charge on any atom is 0.321 e.